The first kappa shape index (κ1) is 65.1. The summed E-state index contributed by atoms with van der Waals surface area (Å²) in [6.45, 7) is 6.43. The molecular formula is C63H104O6. The highest BCUT2D eigenvalue weighted by Crippen LogP contribution is 2.13. The molecule has 0 N–H and O–H groups in total. The maximum atomic E-state index is 12.8. The summed E-state index contributed by atoms with van der Waals surface area (Å²) in [5.41, 5.74) is 0. The number of rotatable bonds is 50. The van der Waals surface area contributed by atoms with Gasteiger partial charge in [-0.2, -0.15) is 0 Å². The maximum absolute atomic E-state index is 12.8. The number of unbranched alkanes of at least 4 members (excludes halogenated alkanes) is 21. The van der Waals surface area contributed by atoms with Crippen molar-refractivity contribution >= 4 is 17.9 Å². The van der Waals surface area contributed by atoms with Crippen LogP contribution in [0.1, 0.15) is 252 Å². The van der Waals surface area contributed by atoms with E-state index < -0.39 is 6.10 Å². The van der Waals surface area contributed by atoms with Crippen LogP contribution >= 0.6 is 0 Å². The molecule has 0 spiro atoms. The van der Waals surface area contributed by atoms with Crippen LogP contribution in [0.5, 0.6) is 0 Å². The Hall–Kier alpha value is -3.93. The van der Waals surface area contributed by atoms with Crippen molar-refractivity contribution in [2.24, 2.45) is 0 Å². The molecule has 6 heteroatoms. The molecule has 0 bridgehead atoms. The average molecular weight is 958 g/mol. The summed E-state index contributed by atoms with van der Waals surface area (Å²) < 4.78 is 16.8. The molecule has 6 nitrogen and oxygen atoms in total. The van der Waals surface area contributed by atoms with Crippen LogP contribution in [0.3, 0.4) is 0 Å². The van der Waals surface area contributed by atoms with Gasteiger partial charge in [-0.05, 0) is 122 Å². The lowest BCUT2D eigenvalue weighted by atomic mass is 10.1. The highest BCUT2D eigenvalue weighted by molar-refractivity contribution is 5.71. The van der Waals surface area contributed by atoms with Crippen LogP contribution in [0.4, 0.5) is 0 Å². The molecular weight excluding hydrogens is 853 g/mol. The summed E-state index contributed by atoms with van der Waals surface area (Å²) in [7, 11) is 0. The highest BCUT2D eigenvalue weighted by atomic mass is 16.6. The zero-order chi connectivity index (χ0) is 50.0. The topological polar surface area (TPSA) is 78.9 Å². The predicted octanol–water partition coefficient (Wildman–Crippen LogP) is 19.1. The molecule has 0 saturated heterocycles. The fourth-order valence-corrected chi connectivity index (χ4v) is 7.46. The van der Waals surface area contributed by atoms with Crippen molar-refractivity contribution in [1.82, 2.24) is 0 Å². The number of ether oxygens (including phenoxy) is 3. The van der Waals surface area contributed by atoms with Gasteiger partial charge in [0.1, 0.15) is 13.2 Å². The van der Waals surface area contributed by atoms with E-state index in [0.717, 1.165) is 148 Å². The van der Waals surface area contributed by atoms with Crippen molar-refractivity contribution in [3.63, 3.8) is 0 Å². The summed E-state index contributed by atoms with van der Waals surface area (Å²) in [5, 5.41) is 0. The number of hydrogen-bond acceptors (Lipinski definition) is 6. The smallest absolute Gasteiger partial charge is 0.306 e. The van der Waals surface area contributed by atoms with E-state index in [1.54, 1.807) is 0 Å². The second-order valence-electron chi connectivity index (χ2n) is 18.5. The fourth-order valence-electron chi connectivity index (χ4n) is 7.46. The highest BCUT2D eigenvalue weighted by Gasteiger charge is 2.19. The van der Waals surface area contributed by atoms with Crippen molar-refractivity contribution in [3.8, 4) is 0 Å². The van der Waals surface area contributed by atoms with Crippen LogP contribution in [-0.2, 0) is 28.6 Å². The number of esters is 3. The zero-order valence-corrected chi connectivity index (χ0v) is 44.8. The standard InChI is InChI=1S/C63H104O6/c1-4-7-10-13-16-19-22-25-28-29-30-31-32-33-34-35-36-39-41-44-47-50-53-56-62(65)68-59-60(69-63(66)57-54-51-48-45-42-38-27-24-21-18-15-12-9-6-3)58-67-61(64)55-52-49-46-43-40-37-26-23-20-17-14-11-8-5-2/h7,10,15-16,18-19,23-28,30-31,33-34,36,39,60H,4-6,8-9,11-14,17,20-22,29,32,35,37-38,40-59H2,1-3H3/b10-7-,18-15-,19-16-,26-23-,27-24-,28-25-,31-30-,34-33-,39-36-. The summed E-state index contributed by atoms with van der Waals surface area (Å²) >= 11 is 0. The first-order chi connectivity index (χ1) is 34.0. The normalized spacial score (nSPS) is 12.9. The van der Waals surface area contributed by atoms with Gasteiger partial charge in [0.05, 0.1) is 0 Å². The van der Waals surface area contributed by atoms with E-state index in [-0.39, 0.29) is 31.1 Å². The fraction of sp³-hybridized carbons (Fsp3) is 0.667. The van der Waals surface area contributed by atoms with Crippen molar-refractivity contribution in [2.45, 2.75) is 258 Å². The van der Waals surface area contributed by atoms with E-state index in [2.05, 4.69) is 130 Å². The van der Waals surface area contributed by atoms with Crippen LogP contribution < -0.4 is 0 Å². The van der Waals surface area contributed by atoms with Crippen molar-refractivity contribution in [3.05, 3.63) is 109 Å². The maximum Gasteiger partial charge on any atom is 0.306 e. The molecule has 0 aromatic heterocycles. The van der Waals surface area contributed by atoms with E-state index in [1.807, 2.05) is 0 Å². The Balaban J connectivity index is 4.44. The van der Waals surface area contributed by atoms with Crippen LogP contribution in [0.15, 0.2) is 109 Å². The molecule has 0 radical (unpaired) electrons. The minimum atomic E-state index is -0.801. The van der Waals surface area contributed by atoms with Gasteiger partial charge >= 0.3 is 17.9 Å². The molecule has 0 aromatic carbocycles. The van der Waals surface area contributed by atoms with Gasteiger partial charge in [-0.25, -0.2) is 0 Å². The number of hydrogen-bond donors (Lipinski definition) is 0. The first-order valence-electron chi connectivity index (χ1n) is 28.4. The van der Waals surface area contributed by atoms with Gasteiger partial charge in [0.15, 0.2) is 6.10 Å². The van der Waals surface area contributed by atoms with Crippen molar-refractivity contribution in [1.29, 1.82) is 0 Å². The van der Waals surface area contributed by atoms with Crippen molar-refractivity contribution < 1.29 is 28.6 Å². The van der Waals surface area contributed by atoms with Gasteiger partial charge in [-0.3, -0.25) is 14.4 Å². The summed E-state index contributed by atoms with van der Waals surface area (Å²) in [6, 6.07) is 0. The zero-order valence-electron chi connectivity index (χ0n) is 44.8. The van der Waals surface area contributed by atoms with Gasteiger partial charge in [-0.1, -0.05) is 220 Å². The molecule has 392 valence electrons. The number of carbonyl (C=O) groups excluding carboxylic acids is 3. The van der Waals surface area contributed by atoms with E-state index in [4.69, 9.17) is 14.2 Å². The Kier molecular flexibility index (Phi) is 53.4. The molecule has 0 aromatic rings. The third-order valence-electron chi connectivity index (χ3n) is 11.7. The van der Waals surface area contributed by atoms with E-state index in [0.29, 0.717) is 19.3 Å². The minimum Gasteiger partial charge on any atom is -0.462 e. The number of allylic oxidation sites excluding steroid dienone is 18. The lowest BCUT2D eigenvalue weighted by Gasteiger charge is -2.18. The van der Waals surface area contributed by atoms with Gasteiger partial charge in [-0.15, -0.1) is 0 Å². The molecule has 0 aliphatic rings. The molecule has 0 aliphatic carbocycles. The summed E-state index contributed by atoms with van der Waals surface area (Å²) in [5.74, 6) is -0.946. The average Bonchev–Trinajstić information content (AvgIpc) is 3.35. The molecule has 69 heavy (non-hydrogen) atoms. The van der Waals surface area contributed by atoms with Crippen LogP contribution in [0.25, 0.3) is 0 Å². The SMILES string of the molecule is CC/C=C\C/C=C\C/C=C\C/C=C\C/C=C\C/C=C\CCCCCCC(=O)OCC(COC(=O)CCCCCCC/C=C\CCCCCCC)OC(=O)CCCCCCC/C=C\C/C=C\CCCC. The second kappa shape index (κ2) is 56.7. The quantitative estimate of drug-likeness (QED) is 0.0262. The summed E-state index contributed by atoms with van der Waals surface area (Å²) in [6.07, 6.45) is 76.4. The molecule has 0 rings (SSSR count). The number of carbonyl (C=O) groups is 3. The lowest BCUT2D eigenvalue weighted by molar-refractivity contribution is -0.167. The Bertz CT molecular complexity index is 1420. The second-order valence-corrected chi connectivity index (χ2v) is 18.5. The third kappa shape index (κ3) is 54.9. The largest absolute Gasteiger partial charge is 0.462 e. The molecule has 1 atom stereocenters. The van der Waals surface area contributed by atoms with Crippen LogP contribution in [-0.4, -0.2) is 37.2 Å². The minimum absolute atomic E-state index is 0.0978. The van der Waals surface area contributed by atoms with Gasteiger partial charge < -0.3 is 14.2 Å². The molecule has 1 unspecified atom stereocenters. The Morgan fingerprint density at radius 3 is 0.942 bits per heavy atom. The van der Waals surface area contributed by atoms with Crippen LogP contribution in [0.2, 0.25) is 0 Å². The molecule has 0 saturated carbocycles. The first-order valence-corrected chi connectivity index (χ1v) is 28.4. The van der Waals surface area contributed by atoms with Gasteiger partial charge in [0, 0.05) is 19.3 Å². The van der Waals surface area contributed by atoms with Crippen LogP contribution in [0, 0.1) is 0 Å². The Labute approximate surface area is 425 Å². The lowest BCUT2D eigenvalue weighted by Crippen LogP contribution is -2.30. The molecule has 0 fully saturated rings. The van der Waals surface area contributed by atoms with Gasteiger partial charge in [0.25, 0.3) is 0 Å². The van der Waals surface area contributed by atoms with E-state index in [1.165, 1.54) is 64.2 Å². The molecule has 0 aliphatic heterocycles. The van der Waals surface area contributed by atoms with E-state index in [9.17, 15) is 14.4 Å². The summed E-state index contributed by atoms with van der Waals surface area (Å²) in [4.78, 5) is 38.1. The Morgan fingerprint density at radius 2 is 0.580 bits per heavy atom. The monoisotopic (exact) mass is 957 g/mol. The molecule has 0 amide bonds. The van der Waals surface area contributed by atoms with E-state index >= 15 is 0 Å². The predicted molar refractivity (Wildman–Crippen MR) is 297 cm³/mol. The third-order valence-corrected chi connectivity index (χ3v) is 11.7. The Morgan fingerprint density at radius 1 is 0.304 bits per heavy atom. The molecule has 0 heterocycles. The van der Waals surface area contributed by atoms with Gasteiger partial charge in [0.2, 0.25) is 0 Å². The van der Waals surface area contributed by atoms with Crippen molar-refractivity contribution in [2.75, 3.05) is 13.2 Å².